The predicted octanol–water partition coefficient (Wildman–Crippen LogP) is 2.96. The van der Waals surface area contributed by atoms with E-state index in [0.29, 0.717) is 16.6 Å². The van der Waals surface area contributed by atoms with E-state index >= 15 is 0 Å². The van der Waals surface area contributed by atoms with E-state index in [-0.39, 0.29) is 18.3 Å². The highest BCUT2D eigenvalue weighted by Gasteiger charge is 2.23. The summed E-state index contributed by atoms with van der Waals surface area (Å²) in [7, 11) is 0. The van der Waals surface area contributed by atoms with Gasteiger partial charge in [0.15, 0.2) is 0 Å². The summed E-state index contributed by atoms with van der Waals surface area (Å²) in [6.45, 7) is 4.37. The fourth-order valence-corrected chi connectivity index (χ4v) is 2.70. The van der Waals surface area contributed by atoms with Crippen LogP contribution in [0.25, 0.3) is 0 Å². The van der Waals surface area contributed by atoms with Crippen molar-refractivity contribution in [2.24, 2.45) is 0 Å². The predicted molar refractivity (Wildman–Crippen MR) is 79.8 cm³/mol. The molecular weight excluding hydrogens is 339 g/mol. The Morgan fingerprint density at radius 3 is 2.89 bits per heavy atom. The second kappa shape index (κ2) is 6.75. The molecule has 1 heterocycles. The first-order valence-corrected chi connectivity index (χ1v) is 6.72. The minimum Gasteiger partial charge on any atom is -0.336 e. The third-order valence-corrected chi connectivity index (χ3v) is 3.62. The molecule has 1 aliphatic rings. The van der Waals surface area contributed by atoms with Crippen molar-refractivity contribution in [1.29, 1.82) is 0 Å². The number of nitrogens with one attached hydrogen (secondary N) is 1. The Bertz CT molecular complexity index is 442. The van der Waals surface area contributed by atoms with E-state index in [1.807, 2.05) is 11.0 Å². The molecule has 1 saturated heterocycles. The maximum Gasteiger partial charge on any atom is 0.255 e. The lowest BCUT2D eigenvalue weighted by atomic mass is 10.1. The highest BCUT2D eigenvalue weighted by molar-refractivity contribution is 9.10. The average molecular weight is 354 g/mol. The fourth-order valence-electron chi connectivity index (χ4n) is 1.95. The molecule has 1 N–H and O–H groups in total. The Hall–Kier alpha value is -0.290. The molecule has 0 bridgehead atoms. The molecule has 18 heavy (non-hydrogen) atoms. The van der Waals surface area contributed by atoms with Gasteiger partial charge < -0.3 is 10.2 Å². The number of nitrogens with zero attached hydrogens (tertiary/aromatic N) is 1. The smallest absolute Gasteiger partial charge is 0.255 e. The minimum absolute atomic E-state index is 0. The van der Waals surface area contributed by atoms with Crippen LogP contribution in [0.15, 0.2) is 22.7 Å². The zero-order chi connectivity index (χ0) is 12.4. The second-order valence-corrected chi connectivity index (χ2v) is 5.55. The number of amides is 1. The number of hydrogen-bond donors (Lipinski definition) is 1. The van der Waals surface area contributed by atoms with E-state index < -0.39 is 0 Å². The molecule has 3 nitrogen and oxygen atoms in total. The van der Waals surface area contributed by atoms with Crippen LogP contribution in [0, 0.1) is 0 Å². The van der Waals surface area contributed by atoms with Crippen LogP contribution in [0.3, 0.4) is 0 Å². The van der Waals surface area contributed by atoms with Crippen LogP contribution in [0.1, 0.15) is 17.3 Å². The van der Waals surface area contributed by atoms with Crippen molar-refractivity contribution in [3.05, 3.63) is 33.3 Å². The molecule has 1 aliphatic heterocycles. The van der Waals surface area contributed by atoms with E-state index in [4.69, 9.17) is 11.6 Å². The van der Waals surface area contributed by atoms with Crippen molar-refractivity contribution in [2.75, 3.05) is 19.6 Å². The summed E-state index contributed by atoms with van der Waals surface area (Å²) in [6, 6.07) is 5.69. The minimum atomic E-state index is 0. The summed E-state index contributed by atoms with van der Waals surface area (Å²) in [5.41, 5.74) is 0.573. The van der Waals surface area contributed by atoms with Crippen LogP contribution in [0.5, 0.6) is 0 Å². The van der Waals surface area contributed by atoms with E-state index in [1.54, 1.807) is 12.1 Å². The van der Waals surface area contributed by atoms with E-state index in [1.165, 1.54) is 0 Å². The molecule has 1 fully saturated rings. The van der Waals surface area contributed by atoms with Crippen molar-refractivity contribution in [3.8, 4) is 0 Å². The molecule has 0 saturated carbocycles. The first kappa shape index (κ1) is 15.8. The Labute approximate surface area is 126 Å². The van der Waals surface area contributed by atoms with Gasteiger partial charge in [-0.1, -0.05) is 27.5 Å². The largest absolute Gasteiger partial charge is 0.336 e. The van der Waals surface area contributed by atoms with Gasteiger partial charge in [0.25, 0.3) is 5.91 Å². The Kier molecular flexibility index (Phi) is 5.92. The lowest BCUT2D eigenvalue weighted by Gasteiger charge is -2.32. The molecular formula is C12H15BrCl2N2O. The van der Waals surface area contributed by atoms with Gasteiger partial charge in [0.1, 0.15) is 0 Å². The topological polar surface area (TPSA) is 32.3 Å². The van der Waals surface area contributed by atoms with Gasteiger partial charge >= 0.3 is 0 Å². The molecule has 0 unspecified atom stereocenters. The van der Waals surface area contributed by atoms with Gasteiger partial charge in [-0.05, 0) is 25.1 Å². The second-order valence-electron chi connectivity index (χ2n) is 4.23. The zero-order valence-corrected chi connectivity index (χ0v) is 13.1. The van der Waals surface area contributed by atoms with Gasteiger partial charge in [0.05, 0.1) is 10.6 Å². The molecule has 2 rings (SSSR count). The maximum absolute atomic E-state index is 12.3. The first-order valence-electron chi connectivity index (χ1n) is 5.55. The standard InChI is InChI=1S/C12H14BrClN2O.ClH/c1-8-7-16(5-4-15-8)12(17)10-3-2-9(13)6-11(10)14;/h2-3,6,8,15H,4-5,7H2,1H3;1H/t8-;/m0./s1. The van der Waals surface area contributed by atoms with E-state index in [2.05, 4.69) is 28.2 Å². The first-order chi connectivity index (χ1) is 8.08. The van der Waals surface area contributed by atoms with Gasteiger partial charge in [0.2, 0.25) is 0 Å². The third-order valence-electron chi connectivity index (χ3n) is 2.82. The number of piperazine rings is 1. The Morgan fingerprint density at radius 1 is 1.56 bits per heavy atom. The lowest BCUT2D eigenvalue weighted by molar-refractivity contribution is 0.0709. The van der Waals surface area contributed by atoms with Crippen molar-refractivity contribution < 1.29 is 4.79 Å². The van der Waals surface area contributed by atoms with Crippen molar-refractivity contribution in [3.63, 3.8) is 0 Å². The Morgan fingerprint density at radius 2 is 2.28 bits per heavy atom. The number of halogens is 3. The number of carbonyl (C=O) groups excluding carboxylic acids is 1. The quantitative estimate of drug-likeness (QED) is 0.841. The summed E-state index contributed by atoms with van der Waals surface area (Å²) in [4.78, 5) is 14.1. The molecule has 6 heteroatoms. The van der Waals surface area contributed by atoms with Crippen LogP contribution in [0.2, 0.25) is 5.02 Å². The van der Waals surface area contributed by atoms with Crippen LogP contribution in [-0.2, 0) is 0 Å². The summed E-state index contributed by atoms with van der Waals surface area (Å²) < 4.78 is 0.882. The molecule has 0 aromatic heterocycles. The highest BCUT2D eigenvalue weighted by atomic mass is 79.9. The van der Waals surface area contributed by atoms with Gasteiger partial charge in [-0.2, -0.15) is 0 Å². The van der Waals surface area contributed by atoms with Crippen molar-refractivity contribution in [2.45, 2.75) is 13.0 Å². The van der Waals surface area contributed by atoms with Gasteiger partial charge in [-0.15, -0.1) is 12.4 Å². The molecule has 1 atom stereocenters. The third kappa shape index (κ3) is 3.60. The molecule has 1 amide bonds. The summed E-state index contributed by atoms with van der Waals surface area (Å²) in [5, 5.41) is 3.80. The van der Waals surface area contributed by atoms with Gasteiger partial charge in [-0.25, -0.2) is 0 Å². The number of hydrogen-bond acceptors (Lipinski definition) is 2. The van der Waals surface area contributed by atoms with E-state index in [0.717, 1.165) is 24.1 Å². The number of carbonyl (C=O) groups is 1. The molecule has 1 aromatic rings. The van der Waals surface area contributed by atoms with Crippen LogP contribution >= 0.6 is 39.9 Å². The lowest BCUT2D eigenvalue weighted by Crippen LogP contribution is -2.51. The Balaban J connectivity index is 0.00000162. The van der Waals surface area contributed by atoms with Crippen LogP contribution < -0.4 is 5.32 Å². The van der Waals surface area contributed by atoms with E-state index in [9.17, 15) is 4.79 Å². The highest BCUT2D eigenvalue weighted by Crippen LogP contribution is 2.23. The van der Waals surface area contributed by atoms with Crippen LogP contribution in [0.4, 0.5) is 0 Å². The normalized spacial score (nSPS) is 19.3. The average Bonchev–Trinajstić information content (AvgIpc) is 2.28. The molecule has 1 aromatic carbocycles. The van der Waals surface area contributed by atoms with Gasteiger partial charge in [-0.3, -0.25) is 4.79 Å². The maximum atomic E-state index is 12.3. The fraction of sp³-hybridized carbons (Fsp3) is 0.417. The molecule has 0 radical (unpaired) electrons. The van der Waals surface area contributed by atoms with Crippen molar-refractivity contribution in [1.82, 2.24) is 10.2 Å². The number of rotatable bonds is 1. The molecule has 100 valence electrons. The zero-order valence-electron chi connectivity index (χ0n) is 9.95. The molecule has 0 spiro atoms. The van der Waals surface area contributed by atoms with Crippen LogP contribution in [-0.4, -0.2) is 36.5 Å². The molecule has 0 aliphatic carbocycles. The van der Waals surface area contributed by atoms with Crippen molar-refractivity contribution >= 4 is 45.8 Å². The summed E-state index contributed by atoms with van der Waals surface area (Å²) in [5.74, 6) is 0.0100. The summed E-state index contributed by atoms with van der Waals surface area (Å²) >= 11 is 9.42. The SMILES string of the molecule is C[C@H]1CN(C(=O)c2ccc(Br)cc2Cl)CCN1.Cl. The monoisotopic (exact) mass is 352 g/mol. The van der Waals surface area contributed by atoms with Gasteiger partial charge in [0, 0.05) is 30.1 Å². The number of benzene rings is 1. The summed E-state index contributed by atoms with van der Waals surface area (Å²) in [6.07, 6.45) is 0.